The Morgan fingerprint density at radius 1 is 0.800 bits per heavy atom. The highest BCUT2D eigenvalue weighted by Gasteiger charge is 2.42. The van der Waals surface area contributed by atoms with E-state index in [4.69, 9.17) is 21.1 Å². The largest absolute Gasteiger partial charge is 0.490 e. The van der Waals surface area contributed by atoms with Gasteiger partial charge in [0, 0.05) is 50.3 Å². The minimum absolute atomic E-state index is 0.140. The van der Waals surface area contributed by atoms with Crippen LogP contribution in [-0.2, 0) is 26.1 Å². The summed E-state index contributed by atoms with van der Waals surface area (Å²) in [6.45, 7) is 7.72. The van der Waals surface area contributed by atoms with E-state index < -0.39 is 27.8 Å². The maximum Gasteiger partial charge on any atom is 0.407 e. The number of halogens is 1. The smallest absolute Gasteiger partial charge is 0.407 e. The molecule has 0 radical (unpaired) electrons. The fourth-order valence-electron chi connectivity index (χ4n) is 7.86. The molecule has 292 valence electrons. The van der Waals surface area contributed by atoms with Gasteiger partial charge in [0.05, 0.1) is 11.0 Å². The lowest BCUT2D eigenvalue weighted by molar-refractivity contribution is -0.138. The highest BCUT2D eigenvalue weighted by Crippen LogP contribution is 2.31. The number of amides is 2. The van der Waals surface area contributed by atoms with Crippen molar-refractivity contribution < 1.29 is 27.5 Å². The van der Waals surface area contributed by atoms with E-state index in [-0.39, 0.29) is 36.0 Å². The molecule has 7 rings (SSSR count). The molecule has 1 unspecified atom stereocenters. The van der Waals surface area contributed by atoms with Gasteiger partial charge in [-0.3, -0.25) is 9.69 Å². The summed E-state index contributed by atoms with van der Waals surface area (Å²) in [4.78, 5) is 30.9. The standard InChI is InChI=1S/C43H51ClN4O6S/c1-43(2,3)54-42(50)45-36-20-22-47(23-21-36)41(49)40-29-46(28-30-8-10-31(11-9-30)32-12-16-35(44)17-13-32)24-25-48(40)55(51,52)39-19-15-33-26-38(18-14-34(33)27-39)53-37-6-4-5-7-37/h8-19,26-27,36-37,40H,4-7,20-25,28-29H2,1-3H3,(H,45,50). The average molecular weight is 787 g/mol. The van der Waals surface area contributed by atoms with Crippen LogP contribution in [0.15, 0.2) is 89.8 Å². The Hall–Kier alpha value is -4.16. The van der Waals surface area contributed by atoms with E-state index in [9.17, 15) is 18.0 Å². The summed E-state index contributed by atoms with van der Waals surface area (Å²) in [6.07, 6.45) is 5.31. The zero-order valence-corrected chi connectivity index (χ0v) is 33.5. The summed E-state index contributed by atoms with van der Waals surface area (Å²) < 4.78 is 42.1. The van der Waals surface area contributed by atoms with Gasteiger partial charge in [0.25, 0.3) is 0 Å². The van der Waals surface area contributed by atoms with Crippen molar-refractivity contribution in [2.45, 2.75) is 94.5 Å². The lowest BCUT2D eigenvalue weighted by Gasteiger charge is -2.42. The van der Waals surface area contributed by atoms with Gasteiger partial charge in [-0.25, -0.2) is 13.2 Å². The van der Waals surface area contributed by atoms with E-state index in [0.717, 1.165) is 46.1 Å². The van der Waals surface area contributed by atoms with E-state index in [1.54, 1.807) is 17.0 Å². The third-order valence-corrected chi connectivity index (χ3v) is 12.9. The first-order chi connectivity index (χ1) is 26.3. The van der Waals surface area contributed by atoms with Crippen LogP contribution >= 0.6 is 11.6 Å². The first-order valence-corrected chi connectivity index (χ1v) is 21.2. The van der Waals surface area contributed by atoms with E-state index in [1.165, 1.54) is 17.1 Å². The Bertz CT molecular complexity index is 2090. The lowest BCUT2D eigenvalue weighted by Crippen LogP contribution is -2.61. The van der Waals surface area contributed by atoms with Crippen molar-refractivity contribution in [2.24, 2.45) is 0 Å². The first kappa shape index (κ1) is 39.1. The van der Waals surface area contributed by atoms with Crippen LogP contribution in [0.25, 0.3) is 21.9 Å². The zero-order chi connectivity index (χ0) is 38.7. The van der Waals surface area contributed by atoms with E-state index >= 15 is 0 Å². The third-order valence-electron chi connectivity index (χ3n) is 10.8. The van der Waals surface area contributed by atoms with Crippen LogP contribution < -0.4 is 10.1 Å². The molecule has 3 fully saturated rings. The molecule has 2 aliphatic heterocycles. The Balaban J connectivity index is 1.08. The first-order valence-electron chi connectivity index (χ1n) is 19.4. The van der Waals surface area contributed by atoms with Gasteiger partial charge < -0.3 is 19.7 Å². The quantitative estimate of drug-likeness (QED) is 0.184. The van der Waals surface area contributed by atoms with Gasteiger partial charge in [0.15, 0.2) is 0 Å². The predicted octanol–water partition coefficient (Wildman–Crippen LogP) is 7.87. The summed E-state index contributed by atoms with van der Waals surface area (Å²) in [5.74, 6) is 0.568. The second kappa shape index (κ2) is 16.5. The van der Waals surface area contributed by atoms with Crippen LogP contribution in [0.4, 0.5) is 4.79 Å². The fraction of sp³-hybridized carbons (Fsp3) is 0.442. The number of ether oxygens (including phenoxy) is 2. The lowest BCUT2D eigenvalue weighted by atomic mass is 10.0. The number of benzene rings is 4. The van der Waals surface area contributed by atoms with Crippen molar-refractivity contribution in [3.05, 3.63) is 95.5 Å². The van der Waals surface area contributed by atoms with Crippen LogP contribution in [-0.4, -0.2) is 91.0 Å². The second-order valence-corrected chi connectivity index (χ2v) is 18.3. The summed E-state index contributed by atoms with van der Waals surface area (Å²) in [7, 11) is -4.05. The minimum Gasteiger partial charge on any atom is -0.490 e. The number of likely N-dealkylation sites (tertiary alicyclic amines) is 1. The molecule has 1 aliphatic carbocycles. The van der Waals surface area contributed by atoms with Crippen molar-refractivity contribution in [1.82, 2.24) is 19.4 Å². The normalized spacial score (nSPS) is 19.4. The predicted molar refractivity (Wildman–Crippen MR) is 216 cm³/mol. The van der Waals surface area contributed by atoms with Crippen LogP contribution in [0.2, 0.25) is 5.02 Å². The molecule has 0 bridgehead atoms. The van der Waals surface area contributed by atoms with Gasteiger partial charge >= 0.3 is 6.09 Å². The molecule has 1 N–H and O–H groups in total. The Kier molecular flexibility index (Phi) is 11.7. The highest BCUT2D eigenvalue weighted by molar-refractivity contribution is 7.89. The summed E-state index contributed by atoms with van der Waals surface area (Å²) in [6, 6.07) is 25.9. The summed E-state index contributed by atoms with van der Waals surface area (Å²) in [5, 5.41) is 5.31. The zero-order valence-electron chi connectivity index (χ0n) is 31.9. The minimum atomic E-state index is -4.05. The Morgan fingerprint density at radius 2 is 1.44 bits per heavy atom. The number of hydrogen-bond acceptors (Lipinski definition) is 7. The van der Waals surface area contributed by atoms with Gasteiger partial charge in [-0.15, -0.1) is 0 Å². The molecular weight excluding hydrogens is 736 g/mol. The second-order valence-electron chi connectivity index (χ2n) is 16.0. The molecule has 1 saturated carbocycles. The molecule has 1 atom stereocenters. The van der Waals surface area contributed by atoms with Crippen molar-refractivity contribution in [3.63, 3.8) is 0 Å². The summed E-state index contributed by atoms with van der Waals surface area (Å²) >= 11 is 6.09. The van der Waals surface area contributed by atoms with Gasteiger partial charge in [0.2, 0.25) is 15.9 Å². The number of fused-ring (bicyclic) bond motifs is 1. The van der Waals surface area contributed by atoms with Crippen LogP contribution in [0, 0.1) is 0 Å². The SMILES string of the molecule is CC(C)(C)OC(=O)NC1CCN(C(=O)C2CN(Cc3ccc(-c4ccc(Cl)cc4)cc3)CCN2S(=O)(=O)c2ccc3cc(OC4CCCC4)ccc3c2)CC1. The van der Waals surface area contributed by atoms with Crippen molar-refractivity contribution >= 4 is 44.4 Å². The molecule has 4 aromatic carbocycles. The topological polar surface area (TPSA) is 108 Å². The Labute approximate surface area is 329 Å². The number of nitrogens with zero attached hydrogens (tertiary/aromatic N) is 3. The number of sulfonamides is 1. The number of carbonyl (C=O) groups excluding carboxylic acids is 2. The molecule has 4 aromatic rings. The number of carbonyl (C=O) groups is 2. The van der Waals surface area contributed by atoms with Crippen molar-refractivity contribution in [2.75, 3.05) is 32.7 Å². The van der Waals surface area contributed by atoms with Gasteiger partial charge in [0.1, 0.15) is 17.4 Å². The van der Waals surface area contributed by atoms with Crippen LogP contribution in [0.1, 0.15) is 64.9 Å². The fourth-order valence-corrected chi connectivity index (χ4v) is 9.58. The number of rotatable bonds is 9. The molecule has 55 heavy (non-hydrogen) atoms. The van der Waals surface area contributed by atoms with Crippen molar-refractivity contribution in [3.8, 4) is 16.9 Å². The number of nitrogens with one attached hydrogen (secondary N) is 1. The maximum atomic E-state index is 14.5. The Morgan fingerprint density at radius 3 is 2.11 bits per heavy atom. The molecule has 2 heterocycles. The van der Waals surface area contributed by atoms with Crippen LogP contribution in [0.3, 0.4) is 0 Å². The molecular formula is C43H51ClN4O6S. The highest BCUT2D eigenvalue weighted by atomic mass is 35.5. The molecule has 3 aliphatic rings. The molecule has 12 heteroatoms. The maximum absolute atomic E-state index is 14.5. The van der Waals surface area contributed by atoms with E-state index in [2.05, 4.69) is 34.5 Å². The van der Waals surface area contributed by atoms with Gasteiger partial charge in [-0.1, -0.05) is 60.1 Å². The summed E-state index contributed by atoms with van der Waals surface area (Å²) in [5.41, 5.74) is 2.59. The van der Waals surface area contributed by atoms with Gasteiger partial charge in [-0.2, -0.15) is 4.31 Å². The average Bonchev–Trinajstić information content (AvgIpc) is 3.67. The number of piperidine rings is 1. The molecule has 2 amide bonds. The van der Waals surface area contributed by atoms with E-state index in [1.807, 2.05) is 69.3 Å². The molecule has 2 saturated heterocycles. The van der Waals surface area contributed by atoms with Crippen LogP contribution in [0.5, 0.6) is 5.75 Å². The number of hydrogen-bond donors (Lipinski definition) is 1. The van der Waals surface area contributed by atoms with Crippen molar-refractivity contribution in [1.29, 1.82) is 0 Å². The molecule has 0 aromatic heterocycles. The number of alkyl carbamates (subject to hydrolysis) is 1. The van der Waals surface area contributed by atoms with E-state index in [0.29, 0.717) is 44.0 Å². The molecule has 10 nitrogen and oxygen atoms in total. The monoisotopic (exact) mass is 786 g/mol. The number of piperazine rings is 1. The molecule has 0 spiro atoms. The third kappa shape index (κ3) is 9.63. The van der Waals surface area contributed by atoms with Gasteiger partial charge in [-0.05, 0) is 123 Å².